The van der Waals surface area contributed by atoms with Crippen molar-refractivity contribution >= 4 is 6.09 Å². The third kappa shape index (κ3) is 5.48. The fraction of sp³-hybridized carbons (Fsp3) is 0.370. The number of benzene rings is 2. The van der Waals surface area contributed by atoms with E-state index < -0.39 is 17.2 Å². The molecule has 1 amide bonds. The molecule has 188 valence electrons. The van der Waals surface area contributed by atoms with Crippen LogP contribution in [0.15, 0.2) is 42.6 Å². The Balaban J connectivity index is 1.64. The maximum atomic E-state index is 14.5. The Labute approximate surface area is 208 Å². The highest BCUT2D eigenvalue weighted by Crippen LogP contribution is 2.34. The van der Waals surface area contributed by atoms with Gasteiger partial charge in [-0.05, 0) is 62.9 Å². The van der Waals surface area contributed by atoms with Crippen LogP contribution in [0.4, 0.5) is 13.6 Å². The first-order valence-electron chi connectivity index (χ1n) is 11.7. The van der Waals surface area contributed by atoms with Gasteiger partial charge in [0, 0.05) is 37.0 Å². The lowest BCUT2D eigenvalue weighted by Gasteiger charge is -2.24. The van der Waals surface area contributed by atoms with Crippen molar-refractivity contribution in [2.45, 2.75) is 39.3 Å². The summed E-state index contributed by atoms with van der Waals surface area (Å²) in [7, 11) is 1.39. The van der Waals surface area contributed by atoms with Gasteiger partial charge in [0.1, 0.15) is 23.2 Å². The van der Waals surface area contributed by atoms with Crippen molar-refractivity contribution in [2.24, 2.45) is 5.92 Å². The van der Waals surface area contributed by atoms with Crippen molar-refractivity contribution in [3.8, 4) is 34.2 Å². The monoisotopic (exact) mass is 494 g/mol. The maximum Gasteiger partial charge on any atom is 0.410 e. The van der Waals surface area contributed by atoms with Gasteiger partial charge in [0.2, 0.25) is 0 Å². The second kappa shape index (κ2) is 9.97. The number of hydrogen-bond acceptors (Lipinski definition) is 5. The third-order valence-electron chi connectivity index (χ3n) is 5.97. The molecule has 2 aromatic carbocycles. The van der Waals surface area contributed by atoms with Crippen LogP contribution in [0.2, 0.25) is 0 Å². The zero-order valence-electron chi connectivity index (χ0n) is 20.7. The van der Waals surface area contributed by atoms with E-state index in [4.69, 9.17) is 19.8 Å². The molecule has 0 radical (unpaired) electrons. The van der Waals surface area contributed by atoms with Gasteiger partial charge in [0.15, 0.2) is 11.6 Å². The minimum Gasteiger partial charge on any atom is -0.494 e. The van der Waals surface area contributed by atoms with Crippen LogP contribution in [0.25, 0.3) is 22.4 Å². The zero-order valence-corrected chi connectivity index (χ0v) is 20.7. The van der Waals surface area contributed by atoms with Crippen LogP contribution in [-0.4, -0.2) is 46.6 Å². The third-order valence-corrected chi connectivity index (χ3v) is 5.97. The number of ether oxygens (including phenoxy) is 2. The van der Waals surface area contributed by atoms with Crippen LogP contribution in [0.5, 0.6) is 5.75 Å². The van der Waals surface area contributed by atoms with E-state index in [0.29, 0.717) is 42.0 Å². The maximum absolute atomic E-state index is 14.5. The molecule has 1 saturated heterocycles. The Kier molecular flexibility index (Phi) is 6.97. The van der Waals surface area contributed by atoms with Crippen molar-refractivity contribution in [1.29, 1.82) is 5.26 Å². The van der Waals surface area contributed by atoms with Crippen molar-refractivity contribution in [3.05, 3.63) is 59.8 Å². The number of amides is 1. The van der Waals surface area contributed by atoms with Gasteiger partial charge in [0.25, 0.3) is 0 Å². The average Bonchev–Trinajstić information content (AvgIpc) is 3.45. The smallest absolute Gasteiger partial charge is 0.410 e. The molecule has 4 rings (SSSR count). The number of carbonyl (C=O) groups is 1. The van der Waals surface area contributed by atoms with Crippen molar-refractivity contribution in [1.82, 2.24) is 14.7 Å². The van der Waals surface area contributed by atoms with Gasteiger partial charge in [0.05, 0.1) is 12.7 Å². The average molecular weight is 495 g/mol. The second-order valence-corrected chi connectivity index (χ2v) is 9.85. The van der Waals surface area contributed by atoms with E-state index in [9.17, 15) is 13.6 Å². The lowest BCUT2D eigenvalue weighted by Crippen LogP contribution is -2.35. The topological polar surface area (TPSA) is 80.4 Å². The summed E-state index contributed by atoms with van der Waals surface area (Å²) in [5.74, 6) is -0.919. The summed E-state index contributed by atoms with van der Waals surface area (Å²) < 4.78 is 41.2. The van der Waals surface area contributed by atoms with E-state index in [1.807, 2.05) is 26.8 Å². The molecular weight excluding hydrogens is 466 g/mol. The Hall–Kier alpha value is -3.93. The lowest BCUT2D eigenvalue weighted by atomic mass is 10.0. The normalized spacial score (nSPS) is 15.6. The van der Waals surface area contributed by atoms with Crippen LogP contribution < -0.4 is 4.74 Å². The summed E-state index contributed by atoms with van der Waals surface area (Å²) in [6, 6.07) is 10.7. The van der Waals surface area contributed by atoms with Gasteiger partial charge in [-0.15, -0.1) is 0 Å². The van der Waals surface area contributed by atoms with Crippen LogP contribution >= 0.6 is 0 Å². The fourth-order valence-electron chi connectivity index (χ4n) is 4.26. The SMILES string of the molecule is COc1ccc(-c2cn(C[C@H]3CCN(C(=O)OC(C)(C)C)C3)nc2-c2ccc(C#N)c(F)c2)cc1F. The van der Waals surface area contributed by atoms with Crippen molar-refractivity contribution < 1.29 is 23.0 Å². The predicted octanol–water partition coefficient (Wildman–Crippen LogP) is 5.63. The Morgan fingerprint density at radius 1 is 1.17 bits per heavy atom. The minimum absolute atomic E-state index is 0.0663. The summed E-state index contributed by atoms with van der Waals surface area (Å²) in [5.41, 5.74) is 1.47. The number of nitrogens with zero attached hydrogens (tertiary/aromatic N) is 4. The number of halogens is 2. The summed E-state index contributed by atoms with van der Waals surface area (Å²) in [6.45, 7) is 7.13. The Bertz CT molecular complexity index is 1320. The molecule has 0 unspecified atom stereocenters. The van der Waals surface area contributed by atoms with Gasteiger partial charge in [-0.2, -0.15) is 10.4 Å². The summed E-state index contributed by atoms with van der Waals surface area (Å²) in [5, 5.41) is 13.8. The minimum atomic E-state index is -0.653. The number of carbonyl (C=O) groups excluding carboxylic acids is 1. The van der Waals surface area contributed by atoms with Crippen LogP contribution in [0.3, 0.4) is 0 Å². The van der Waals surface area contributed by atoms with Gasteiger partial charge >= 0.3 is 6.09 Å². The number of likely N-dealkylation sites (tertiary alicyclic amines) is 1. The predicted molar refractivity (Wildman–Crippen MR) is 130 cm³/mol. The van der Waals surface area contributed by atoms with Gasteiger partial charge in [-0.3, -0.25) is 4.68 Å². The number of methoxy groups -OCH3 is 1. The summed E-state index contributed by atoms with van der Waals surface area (Å²) in [4.78, 5) is 14.1. The van der Waals surface area contributed by atoms with Crippen molar-refractivity contribution in [3.63, 3.8) is 0 Å². The van der Waals surface area contributed by atoms with E-state index in [1.165, 1.54) is 31.4 Å². The second-order valence-electron chi connectivity index (χ2n) is 9.85. The molecule has 1 aliphatic heterocycles. The quantitative estimate of drug-likeness (QED) is 0.459. The highest BCUT2D eigenvalue weighted by Gasteiger charge is 2.30. The zero-order chi connectivity index (χ0) is 26.0. The molecule has 0 spiro atoms. The molecular formula is C27H28F2N4O3. The molecule has 0 saturated carbocycles. The molecule has 0 aliphatic carbocycles. The first-order valence-corrected chi connectivity index (χ1v) is 11.7. The lowest BCUT2D eigenvalue weighted by molar-refractivity contribution is 0.0286. The fourth-order valence-corrected chi connectivity index (χ4v) is 4.26. The first-order chi connectivity index (χ1) is 17.1. The van der Waals surface area contributed by atoms with Gasteiger partial charge < -0.3 is 14.4 Å². The van der Waals surface area contributed by atoms with Crippen LogP contribution in [-0.2, 0) is 11.3 Å². The number of rotatable bonds is 5. The standard InChI is InChI=1S/C27H28F2N4O3/c1-27(2,3)36-26(34)32-10-9-17(14-32)15-33-16-21(18-7-8-24(35-4)23(29)11-18)25(31-33)19-5-6-20(13-30)22(28)12-19/h5-8,11-12,16-17H,9-10,14-15H2,1-4H3/t17-/m0/s1. The van der Waals surface area contributed by atoms with Gasteiger partial charge in [-0.1, -0.05) is 12.1 Å². The van der Waals surface area contributed by atoms with E-state index in [2.05, 4.69) is 0 Å². The summed E-state index contributed by atoms with van der Waals surface area (Å²) in [6.07, 6.45) is 2.24. The highest BCUT2D eigenvalue weighted by atomic mass is 19.1. The molecule has 7 nitrogen and oxygen atoms in total. The Morgan fingerprint density at radius 3 is 2.53 bits per heavy atom. The number of nitriles is 1. The molecule has 9 heteroatoms. The van der Waals surface area contributed by atoms with E-state index in [-0.39, 0.29) is 23.3 Å². The van der Waals surface area contributed by atoms with Gasteiger partial charge in [-0.25, -0.2) is 13.6 Å². The molecule has 2 heterocycles. The van der Waals surface area contributed by atoms with Crippen molar-refractivity contribution in [2.75, 3.05) is 20.2 Å². The Morgan fingerprint density at radius 2 is 1.89 bits per heavy atom. The van der Waals surface area contributed by atoms with Crippen LogP contribution in [0.1, 0.15) is 32.8 Å². The molecule has 0 N–H and O–H groups in total. The molecule has 36 heavy (non-hydrogen) atoms. The molecule has 1 fully saturated rings. The van der Waals surface area contributed by atoms with E-state index in [1.54, 1.807) is 27.9 Å². The number of hydrogen-bond donors (Lipinski definition) is 0. The van der Waals surface area contributed by atoms with E-state index in [0.717, 1.165) is 6.42 Å². The molecule has 0 bridgehead atoms. The molecule has 1 aliphatic rings. The number of aromatic nitrogens is 2. The molecule has 1 atom stereocenters. The van der Waals surface area contributed by atoms with Crippen LogP contribution in [0, 0.1) is 28.9 Å². The van der Waals surface area contributed by atoms with E-state index >= 15 is 0 Å². The first kappa shape index (κ1) is 25.2. The summed E-state index contributed by atoms with van der Waals surface area (Å²) >= 11 is 0. The highest BCUT2D eigenvalue weighted by molar-refractivity contribution is 5.81. The molecule has 1 aromatic heterocycles. The largest absolute Gasteiger partial charge is 0.494 e. The molecule has 3 aromatic rings.